The van der Waals surface area contributed by atoms with Crippen LogP contribution in [0.3, 0.4) is 0 Å². The van der Waals surface area contributed by atoms with Crippen LogP contribution in [0.2, 0.25) is 0 Å². The number of ether oxygens (including phenoxy) is 1. The van der Waals surface area contributed by atoms with Gasteiger partial charge in [-0.25, -0.2) is 4.79 Å². The quantitative estimate of drug-likeness (QED) is 0.636. The van der Waals surface area contributed by atoms with Crippen molar-refractivity contribution < 1.29 is 13.9 Å². The Bertz CT molecular complexity index is 651. The average molecular weight is 285 g/mol. The Hall–Kier alpha value is -2.49. The summed E-state index contributed by atoms with van der Waals surface area (Å²) in [5.74, 6) is 1.04. The van der Waals surface area contributed by atoms with Crippen LogP contribution >= 0.6 is 0 Å². The lowest BCUT2D eigenvalue weighted by Crippen LogP contribution is -2.07. The molecule has 2 aromatic rings. The number of allylic oxidation sites excluding steroid dienone is 1. The second kappa shape index (κ2) is 6.31. The summed E-state index contributed by atoms with van der Waals surface area (Å²) in [7, 11) is 5.36. The zero-order valence-corrected chi connectivity index (χ0v) is 12.7. The number of carbonyl (C=O) groups is 1. The van der Waals surface area contributed by atoms with Crippen LogP contribution in [-0.4, -0.2) is 27.2 Å². The van der Waals surface area contributed by atoms with Crippen molar-refractivity contribution in [2.45, 2.75) is 6.92 Å². The van der Waals surface area contributed by atoms with Crippen molar-refractivity contribution in [1.82, 2.24) is 0 Å². The van der Waals surface area contributed by atoms with E-state index in [1.165, 1.54) is 13.2 Å². The summed E-state index contributed by atoms with van der Waals surface area (Å²) in [6.45, 7) is 1.81. The molecule has 2 rings (SSSR count). The van der Waals surface area contributed by atoms with Crippen molar-refractivity contribution in [2.24, 2.45) is 0 Å². The fraction of sp³-hybridized carbons (Fsp3) is 0.235. The molecule has 0 saturated heterocycles. The number of hydrogen-bond acceptors (Lipinski definition) is 4. The molecule has 0 saturated carbocycles. The lowest BCUT2D eigenvalue weighted by Gasteiger charge is -2.12. The minimum absolute atomic E-state index is 0.388. The maximum atomic E-state index is 11.2. The molecule has 0 aliphatic carbocycles. The molecular weight excluding hydrogens is 266 g/mol. The van der Waals surface area contributed by atoms with Gasteiger partial charge in [-0.05, 0) is 48.9 Å². The normalized spacial score (nSPS) is 11.3. The van der Waals surface area contributed by atoms with Gasteiger partial charge in [-0.2, -0.15) is 0 Å². The van der Waals surface area contributed by atoms with Crippen LogP contribution in [0.1, 0.15) is 12.7 Å². The van der Waals surface area contributed by atoms with Gasteiger partial charge < -0.3 is 14.1 Å². The van der Waals surface area contributed by atoms with E-state index in [0.717, 1.165) is 22.6 Å². The lowest BCUT2D eigenvalue weighted by molar-refractivity contribution is -0.134. The molecule has 110 valence electrons. The maximum Gasteiger partial charge on any atom is 0.330 e. The van der Waals surface area contributed by atoms with E-state index in [1.54, 1.807) is 0 Å². The zero-order chi connectivity index (χ0) is 15.4. The van der Waals surface area contributed by atoms with Crippen LogP contribution in [-0.2, 0) is 9.53 Å². The van der Waals surface area contributed by atoms with E-state index >= 15 is 0 Å². The molecule has 0 unspecified atom stereocenters. The number of hydrogen-bond donors (Lipinski definition) is 0. The summed E-state index contributed by atoms with van der Waals surface area (Å²) in [4.78, 5) is 13.3. The van der Waals surface area contributed by atoms with E-state index in [-0.39, 0.29) is 5.97 Å². The largest absolute Gasteiger partial charge is 0.466 e. The molecule has 0 fully saturated rings. The Morgan fingerprint density at radius 2 is 1.81 bits per heavy atom. The van der Waals surface area contributed by atoms with Crippen molar-refractivity contribution >= 4 is 17.2 Å². The first-order chi connectivity index (χ1) is 10.0. The molecule has 0 atom stereocenters. The van der Waals surface area contributed by atoms with Gasteiger partial charge in [-0.1, -0.05) is 0 Å². The van der Waals surface area contributed by atoms with Gasteiger partial charge in [0, 0.05) is 31.4 Å². The van der Waals surface area contributed by atoms with Crippen LogP contribution in [0.5, 0.6) is 0 Å². The average Bonchev–Trinajstić information content (AvgIpc) is 2.97. The lowest BCUT2D eigenvalue weighted by atomic mass is 10.1. The second-order valence-corrected chi connectivity index (χ2v) is 4.96. The van der Waals surface area contributed by atoms with E-state index in [9.17, 15) is 4.79 Å². The van der Waals surface area contributed by atoms with Gasteiger partial charge in [-0.15, -0.1) is 0 Å². The first-order valence-electron chi connectivity index (χ1n) is 6.65. The molecule has 0 aliphatic heterocycles. The predicted octanol–water partition coefficient (Wildman–Crippen LogP) is 3.59. The van der Waals surface area contributed by atoms with Gasteiger partial charge in [0.1, 0.15) is 11.5 Å². The highest BCUT2D eigenvalue weighted by molar-refractivity contribution is 5.90. The number of esters is 1. The minimum Gasteiger partial charge on any atom is -0.466 e. The monoisotopic (exact) mass is 285 g/mol. The van der Waals surface area contributed by atoms with Gasteiger partial charge in [0.05, 0.1) is 7.11 Å². The number of furan rings is 1. The first kappa shape index (κ1) is 14.9. The van der Waals surface area contributed by atoms with E-state index in [2.05, 4.69) is 4.74 Å². The molecule has 0 spiro atoms. The Kier molecular flexibility index (Phi) is 4.48. The molecule has 0 N–H and O–H groups in total. The smallest absolute Gasteiger partial charge is 0.330 e. The van der Waals surface area contributed by atoms with Gasteiger partial charge in [0.15, 0.2) is 0 Å². The van der Waals surface area contributed by atoms with E-state index in [0.29, 0.717) is 5.76 Å². The third-order valence-electron chi connectivity index (χ3n) is 3.20. The van der Waals surface area contributed by atoms with Crippen molar-refractivity contribution in [3.8, 4) is 11.3 Å². The van der Waals surface area contributed by atoms with E-state index < -0.39 is 0 Å². The van der Waals surface area contributed by atoms with Crippen LogP contribution < -0.4 is 4.90 Å². The highest BCUT2D eigenvalue weighted by Gasteiger charge is 2.08. The predicted molar refractivity (Wildman–Crippen MR) is 84.1 cm³/mol. The Balaban J connectivity index is 2.23. The zero-order valence-electron chi connectivity index (χ0n) is 12.7. The fourth-order valence-electron chi connectivity index (χ4n) is 1.94. The molecular formula is C17H19NO3. The molecule has 1 aromatic heterocycles. The van der Waals surface area contributed by atoms with Gasteiger partial charge in [0.2, 0.25) is 0 Å². The summed E-state index contributed by atoms with van der Waals surface area (Å²) in [6, 6.07) is 11.8. The molecule has 1 heterocycles. The number of carbonyl (C=O) groups excluding carboxylic acids is 1. The molecule has 1 aromatic carbocycles. The number of methoxy groups -OCH3 is 1. The third-order valence-corrected chi connectivity index (χ3v) is 3.20. The summed E-state index contributed by atoms with van der Waals surface area (Å²) >= 11 is 0. The Labute approximate surface area is 124 Å². The molecule has 4 nitrogen and oxygen atoms in total. The summed E-state index contributed by atoms with van der Waals surface area (Å²) in [6.07, 6.45) is 1.41. The third kappa shape index (κ3) is 3.54. The fourth-order valence-corrected chi connectivity index (χ4v) is 1.94. The van der Waals surface area contributed by atoms with Crippen molar-refractivity contribution in [3.63, 3.8) is 0 Å². The van der Waals surface area contributed by atoms with Crippen LogP contribution in [0.25, 0.3) is 16.9 Å². The van der Waals surface area contributed by atoms with E-state index in [1.807, 2.05) is 62.3 Å². The molecule has 0 aliphatic rings. The summed E-state index contributed by atoms with van der Waals surface area (Å²) in [5, 5.41) is 0. The molecule has 21 heavy (non-hydrogen) atoms. The molecule has 0 radical (unpaired) electrons. The number of rotatable bonds is 4. The number of nitrogens with zero attached hydrogens (tertiary/aromatic N) is 1. The Morgan fingerprint density at radius 3 is 2.38 bits per heavy atom. The SMILES string of the molecule is COC(=O)/C=C(\C)c1ccc(-c2ccc(N(C)C)cc2)o1. The van der Waals surface area contributed by atoms with Gasteiger partial charge in [-0.3, -0.25) is 0 Å². The first-order valence-corrected chi connectivity index (χ1v) is 6.65. The van der Waals surface area contributed by atoms with Crippen molar-refractivity contribution in [3.05, 3.63) is 48.2 Å². The number of benzene rings is 1. The highest BCUT2D eigenvalue weighted by atomic mass is 16.5. The second-order valence-electron chi connectivity index (χ2n) is 4.96. The maximum absolute atomic E-state index is 11.2. The minimum atomic E-state index is -0.388. The topological polar surface area (TPSA) is 42.7 Å². The number of anilines is 1. The summed E-state index contributed by atoms with van der Waals surface area (Å²) in [5.41, 5.74) is 2.86. The molecule has 0 amide bonds. The van der Waals surface area contributed by atoms with Crippen LogP contribution in [0.15, 0.2) is 46.9 Å². The summed E-state index contributed by atoms with van der Waals surface area (Å²) < 4.78 is 10.4. The molecule has 0 bridgehead atoms. The standard InChI is InChI=1S/C17H19NO3/c1-12(11-17(19)20-4)15-9-10-16(21-15)13-5-7-14(8-6-13)18(2)3/h5-11H,1-4H3/b12-11+. The van der Waals surface area contributed by atoms with Crippen molar-refractivity contribution in [1.29, 1.82) is 0 Å². The van der Waals surface area contributed by atoms with Crippen LogP contribution in [0, 0.1) is 0 Å². The van der Waals surface area contributed by atoms with Crippen LogP contribution in [0.4, 0.5) is 5.69 Å². The van der Waals surface area contributed by atoms with Gasteiger partial charge in [0.25, 0.3) is 0 Å². The van der Waals surface area contributed by atoms with Gasteiger partial charge >= 0.3 is 5.97 Å². The van der Waals surface area contributed by atoms with Crippen molar-refractivity contribution in [2.75, 3.05) is 26.1 Å². The Morgan fingerprint density at radius 1 is 1.14 bits per heavy atom. The molecule has 4 heteroatoms. The highest BCUT2D eigenvalue weighted by Crippen LogP contribution is 2.27. The van der Waals surface area contributed by atoms with E-state index in [4.69, 9.17) is 4.42 Å².